The molecule has 2 aliphatic heterocycles. The highest BCUT2D eigenvalue weighted by Gasteiger charge is 2.27. The van der Waals surface area contributed by atoms with E-state index in [2.05, 4.69) is 23.6 Å². The zero-order valence-electron chi connectivity index (χ0n) is 13.4. The summed E-state index contributed by atoms with van der Waals surface area (Å²) in [4.78, 5) is 5.22. The zero-order valence-corrected chi connectivity index (χ0v) is 13.4. The van der Waals surface area contributed by atoms with Crippen molar-refractivity contribution in [3.8, 4) is 0 Å². The van der Waals surface area contributed by atoms with E-state index in [1.165, 1.54) is 45.3 Å². The van der Waals surface area contributed by atoms with Crippen LogP contribution in [0.2, 0.25) is 0 Å². The van der Waals surface area contributed by atoms with E-state index in [1.807, 2.05) is 0 Å². The molecule has 118 valence electrons. The molecule has 0 aliphatic carbocycles. The number of hydrogen-bond acceptors (Lipinski definition) is 4. The van der Waals surface area contributed by atoms with E-state index >= 15 is 0 Å². The molecule has 0 aromatic carbocycles. The minimum Gasteiger partial charge on any atom is -0.380 e. The van der Waals surface area contributed by atoms with Crippen molar-refractivity contribution in [3.05, 3.63) is 0 Å². The van der Waals surface area contributed by atoms with Crippen LogP contribution in [0.1, 0.15) is 39.5 Å². The first-order chi connectivity index (χ1) is 9.83. The summed E-state index contributed by atoms with van der Waals surface area (Å²) in [5, 5.41) is 0. The third kappa shape index (κ3) is 4.99. The van der Waals surface area contributed by atoms with Crippen LogP contribution in [-0.4, -0.2) is 74.5 Å². The van der Waals surface area contributed by atoms with E-state index in [-0.39, 0.29) is 0 Å². The fraction of sp³-hybridized carbons (Fsp3) is 1.00. The molecule has 4 nitrogen and oxygen atoms in total. The van der Waals surface area contributed by atoms with Crippen molar-refractivity contribution in [2.45, 2.75) is 51.7 Å². The normalized spacial score (nSPS) is 29.7. The van der Waals surface area contributed by atoms with Gasteiger partial charge >= 0.3 is 0 Å². The first-order valence-corrected chi connectivity index (χ1v) is 8.49. The van der Waals surface area contributed by atoms with E-state index < -0.39 is 0 Å². The molecule has 0 radical (unpaired) electrons. The summed E-state index contributed by atoms with van der Waals surface area (Å²) in [5.41, 5.74) is 0. The SMILES string of the molecule is CCOCCN1CCN(C[C@@H]2CCCCO2)C[C@@H]1CC. The van der Waals surface area contributed by atoms with Crippen LogP contribution < -0.4 is 0 Å². The molecule has 0 N–H and O–H groups in total. The summed E-state index contributed by atoms with van der Waals surface area (Å²) >= 11 is 0. The highest BCUT2D eigenvalue weighted by Crippen LogP contribution is 2.17. The Morgan fingerprint density at radius 3 is 2.80 bits per heavy atom. The van der Waals surface area contributed by atoms with Gasteiger partial charge in [0, 0.05) is 52.0 Å². The highest BCUT2D eigenvalue weighted by molar-refractivity contribution is 4.83. The topological polar surface area (TPSA) is 24.9 Å². The molecule has 4 heteroatoms. The first kappa shape index (κ1) is 16.2. The summed E-state index contributed by atoms with van der Waals surface area (Å²) in [6, 6.07) is 0.688. The van der Waals surface area contributed by atoms with Crippen LogP contribution in [-0.2, 0) is 9.47 Å². The van der Waals surface area contributed by atoms with Gasteiger partial charge in [-0.2, -0.15) is 0 Å². The molecule has 0 spiro atoms. The van der Waals surface area contributed by atoms with Gasteiger partial charge in [-0.05, 0) is 32.6 Å². The summed E-state index contributed by atoms with van der Waals surface area (Å²) in [5.74, 6) is 0. The van der Waals surface area contributed by atoms with Crippen molar-refractivity contribution in [1.82, 2.24) is 9.80 Å². The van der Waals surface area contributed by atoms with E-state index in [9.17, 15) is 0 Å². The van der Waals surface area contributed by atoms with Gasteiger partial charge in [-0.1, -0.05) is 6.92 Å². The summed E-state index contributed by atoms with van der Waals surface area (Å²) < 4.78 is 11.4. The minimum absolute atomic E-state index is 0.483. The van der Waals surface area contributed by atoms with Gasteiger partial charge in [0.2, 0.25) is 0 Å². The first-order valence-electron chi connectivity index (χ1n) is 8.49. The van der Waals surface area contributed by atoms with Gasteiger partial charge in [-0.25, -0.2) is 0 Å². The smallest absolute Gasteiger partial charge is 0.0702 e. The molecule has 0 unspecified atom stereocenters. The Kier molecular flexibility index (Phi) is 7.28. The van der Waals surface area contributed by atoms with Gasteiger partial charge in [-0.15, -0.1) is 0 Å². The lowest BCUT2D eigenvalue weighted by Crippen LogP contribution is -2.55. The Morgan fingerprint density at radius 1 is 1.20 bits per heavy atom. The van der Waals surface area contributed by atoms with E-state index in [4.69, 9.17) is 9.47 Å². The fourth-order valence-corrected chi connectivity index (χ4v) is 3.37. The van der Waals surface area contributed by atoms with Crippen LogP contribution in [0.25, 0.3) is 0 Å². The predicted octanol–water partition coefficient (Wildman–Crippen LogP) is 1.99. The lowest BCUT2D eigenvalue weighted by atomic mass is 10.1. The Balaban J connectivity index is 1.72. The molecule has 2 aliphatic rings. The van der Waals surface area contributed by atoms with Crippen molar-refractivity contribution < 1.29 is 9.47 Å². The fourth-order valence-electron chi connectivity index (χ4n) is 3.37. The molecule has 0 bridgehead atoms. The number of nitrogens with zero attached hydrogens (tertiary/aromatic N) is 2. The molecule has 2 fully saturated rings. The van der Waals surface area contributed by atoms with Crippen molar-refractivity contribution in [2.75, 3.05) is 52.5 Å². The summed E-state index contributed by atoms with van der Waals surface area (Å²) in [6.07, 6.45) is 5.56. The molecule has 2 atom stereocenters. The minimum atomic E-state index is 0.483. The summed E-state index contributed by atoms with van der Waals surface area (Å²) in [6.45, 7) is 12.8. The third-order valence-corrected chi connectivity index (χ3v) is 4.62. The quantitative estimate of drug-likeness (QED) is 0.668. The average molecular weight is 284 g/mol. The number of hydrogen-bond donors (Lipinski definition) is 0. The zero-order chi connectivity index (χ0) is 14.2. The molecule has 2 rings (SSSR count). The van der Waals surface area contributed by atoms with Crippen LogP contribution in [0.4, 0.5) is 0 Å². The van der Waals surface area contributed by atoms with Crippen LogP contribution in [0, 0.1) is 0 Å². The molecule has 20 heavy (non-hydrogen) atoms. The molecule has 0 amide bonds. The second-order valence-electron chi connectivity index (χ2n) is 6.04. The van der Waals surface area contributed by atoms with Crippen molar-refractivity contribution >= 4 is 0 Å². The van der Waals surface area contributed by atoms with Crippen molar-refractivity contribution in [3.63, 3.8) is 0 Å². The maximum absolute atomic E-state index is 5.88. The van der Waals surface area contributed by atoms with Gasteiger partial charge in [0.05, 0.1) is 12.7 Å². The Labute approximate surface area is 124 Å². The monoisotopic (exact) mass is 284 g/mol. The summed E-state index contributed by atoms with van der Waals surface area (Å²) in [7, 11) is 0. The van der Waals surface area contributed by atoms with E-state index in [0.29, 0.717) is 12.1 Å². The van der Waals surface area contributed by atoms with Crippen LogP contribution in [0.3, 0.4) is 0 Å². The molecule has 0 aromatic heterocycles. The molecular weight excluding hydrogens is 252 g/mol. The van der Waals surface area contributed by atoms with Gasteiger partial charge < -0.3 is 9.47 Å². The molecule has 2 heterocycles. The van der Waals surface area contributed by atoms with E-state index in [0.717, 1.165) is 32.9 Å². The van der Waals surface area contributed by atoms with Gasteiger partial charge in [-0.3, -0.25) is 9.80 Å². The van der Waals surface area contributed by atoms with Gasteiger partial charge in [0.15, 0.2) is 0 Å². The Bertz CT molecular complexity index is 257. The second kappa shape index (κ2) is 8.98. The highest BCUT2D eigenvalue weighted by atomic mass is 16.5. The molecular formula is C16H32N2O2. The van der Waals surface area contributed by atoms with Crippen molar-refractivity contribution in [2.24, 2.45) is 0 Å². The van der Waals surface area contributed by atoms with Gasteiger partial charge in [0.25, 0.3) is 0 Å². The van der Waals surface area contributed by atoms with E-state index in [1.54, 1.807) is 0 Å². The van der Waals surface area contributed by atoms with Crippen LogP contribution >= 0.6 is 0 Å². The average Bonchev–Trinajstić information content (AvgIpc) is 2.50. The van der Waals surface area contributed by atoms with Crippen LogP contribution in [0.15, 0.2) is 0 Å². The number of rotatable bonds is 7. The lowest BCUT2D eigenvalue weighted by Gasteiger charge is -2.42. The largest absolute Gasteiger partial charge is 0.380 e. The second-order valence-corrected chi connectivity index (χ2v) is 6.04. The number of ether oxygens (including phenoxy) is 2. The standard InChI is InChI=1S/C16H32N2O2/c1-3-15-13-17(14-16-7-5-6-11-20-16)8-9-18(15)10-12-19-4-2/h15-16H,3-14H2,1-2H3/t15-,16-/m0/s1. The molecule has 2 saturated heterocycles. The van der Waals surface area contributed by atoms with Gasteiger partial charge in [0.1, 0.15) is 0 Å². The Morgan fingerprint density at radius 2 is 2.10 bits per heavy atom. The maximum atomic E-state index is 5.88. The Hall–Kier alpha value is -0.160. The molecule has 0 saturated carbocycles. The predicted molar refractivity (Wildman–Crippen MR) is 82.2 cm³/mol. The maximum Gasteiger partial charge on any atom is 0.0702 e. The lowest BCUT2D eigenvalue weighted by molar-refractivity contribution is -0.0260. The molecule has 0 aromatic rings. The number of piperazine rings is 1. The van der Waals surface area contributed by atoms with Crippen LogP contribution in [0.5, 0.6) is 0 Å². The third-order valence-electron chi connectivity index (χ3n) is 4.62. The van der Waals surface area contributed by atoms with Crippen molar-refractivity contribution in [1.29, 1.82) is 0 Å².